The van der Waals surface area contributed by atoms with Crippen LogP contribution >= 0.6 is 0 Å². The predicted molar refractivity (Wildman–Crippen MR) is 53.0 cm³/mol. The summed E-state index contributed by atoms with van der Waals surface area (Å²) in [6.45, 7) is 0. The van der Waals surface area contributed by atoms with Gasteiger partial charge in [-0.3, -0.25) is 19.4 Å². The van der Waals surface area contributed by atoms with E-state index in [0.29, 0.717) is 0 Å². The maximum Gasteiger partial charge on any atom is 0.413 e. The number of likely N-dealkylation sites (tertiary alicyclic amines) is 1. The smallest absolute Gasteiger partial charge is 0.413 e. The molecular formula is C10H10N2O4. The fourth-order valence-electron chi connectivity index (χ4n) is 1.76. The van der Waals surface area contributed by atoms with Crippen LogP contribution in [-0.4, -0.2) is 39.0 Å². The molecule has 0 radical (unpaired) electrons. The molecule has 6 heteroatoms. The second kappa shape index (κ2) is 3.80. The van der Waals surface area contributed by atoms with Gasteiger partial charge in [-0.05, 0) is 12.2 Å². The van der Waals surface area contributed by atoms with Crippen molar-refractivity contribution in [3.05, 3.63) is 24.4 Å². The summed E-state index contributed by atoms with van der Waals surface area (Å²) in [5.41, 5.74) is 0. The van der Waals surface area contributed by atoms with Crippen molar-refractivity contribution >= 4 is 17.9 Å². The molecule has 2 aliphatic rings. The van der Waals surface area contributed by atoms with Crippen LogP contribution in [0.4, 0.5) is 4.79 Å². The lowest BCUT2D eigenvalue weighted by molar-refractivity contribution is -0.142. The van der Waals surface area contributed by atoms with Crippen LogP contribution in [-0.2, 0) is 9.59 Å². The molecule has 1 saturated heterocycles. The highest BCUT2D eigenvalue weighted by atomic mass is 16.4. The second-order valence-corrected chi connectivity index (χ2v) is 3.49. The fourth-order valence-corrected chi connectivity index (χ4v) is 1.76. The van der Waals surface area contributed by atoms with Crippen molar-refractivity contribution in [2.45, 2.75) is 19.0 Å². The third-order valence-corrected chi connectivity index (χ3v) is 2.50. The minimum atomic E-state index is -1.20. The largest absolute Gasteiger partial charge is 0.465 e. The van der Waals surface area contributed by atoms with Crippen LogP contribution in [0.5, 0.6) is 0 Å². The Kier molecular flexibility index (Phi) is 2.47. The molecule has 0 saturated carbocycles. The molecule has 0 bridgehead atoms. The van der Waals surface area contributed by atoms with Crippen LogP contribution < -0.4 is 0 Å². The summed E-state index contributed by atoms with van der Waals surface area (Å²) < 4.78 is 0. The molecule has 0 spiro atoms. The molecule has 84 valence electrons. The van der Waals surface area contributed by atoms with Gasteiger partial charge in [0.15, 0.2) is 0 Å². The summed E-state index contributed by atoms with van der Waals surface area (Å²) >= 11 is 0. The van der Waals surface area contributed by atoms with Gasteiger partial charge in [-0.2, -0.15) is 0 Å². The molecule has 0 aliphatic carbocycles. The van der Waals surface area contributed by atoms with E-state index in [-0.39, 0.29) is 24.7 Å². The molecule has 0 aromatic rings. The third kappa shape index (κ3) is 1.58. The number of hydrogen-bond donors (Lipinski definition) is 1. The minimum absolute atomic E-state index is 0.153. The summed E-state index contributed by atoms with van der Waals surface area (Å²) in [7, 11) is 0. The van der Waals surface area contributed by atoms with Crippen LogP contribution in [0.25, 0.3) is 0 Å². The van der Waals surface area contributed by atoms with Crippen LogP contribution in [0.1, 0.15) is 12.8 Å². The average Bonchev–Trinajstić information content (AvgIpc) is 2.58. The van der Waals surface area contributed by atoms with Crippen LogP contribution in [0.15, 0.2) is 24.4 Å². The molecule has 1 fully saturated rings. The van der Waals surface area contributed by atoms with E-state index in [2.05, 4.69) is 0 Å². The number of allylic oxidation sites excluding steroid dienone is 2. The van der Waals surface area contributed by atoms with Gasteiger partial charge >= 0.3 is 6.09 Å². The third-order valence-electron chi connectivity index (χ3n) is 2.50. The molecule has 2 aliphatic heterocycles. The number of rotatable bonds is 1. The number of nitrogens with zero attached hydrogens (tertiary/aromatic N) is 2. The molecule has 0 aromatic heterocycles. The first-order chi connectivity index (χ1) is 7.61. The lowest BCUT2D eigenvalue weighted by Gasteiger charge is -2.31. The van der Waals surface area contributed by atoms with Crippen LogP contribution in [0.2, 0.25) is 0 Å². The molecule has 2 rings (SSSR count). The van der Waals surface area contributed by atoms with Crippen molar-refractivity contribution in [1.29, 1.82) is 0 Å². The van der Waals surface area contributed by atoms with E-state index in [1.54, 1.807) is 6.08 Å². The van der Waals surface area contributed by atoms with Gasteiger partial charge < -0.3 is 5.11 Å². The summed E-state index contributed by atoms with van der Waals surface area (Å²) in [5.74, 6) is -0.664. The van der Waals surface area contributed by atoms with Crippen molar-refractivity contribution in [1.82, 2.24) is 9.80 Å². The zero-order valence-electron chi connectivity index (χ0n) is 8.37. The molecule has 1 unspecified atom stereocenters. The van der Waals surface area contributed by atoms with Crippen LogP contribution in [0.3, 0.4) is 0 Å². The number of carbonyl (C=O) groups excluding carboxylic acids is 2. The second-order valence-electron chi connectivity index (χ2n) is 3.49. The zero-order chi connectivity index (χ0) is 11.7. The lowest BCUT2D eigenvalue weighted by Crippen LogP contribution is -2.50. The normalized spacial score (nSPS) is 24.4. The Morgan fingerprint density at radius 2 is 1.88 bits per heavy atom. The Labute approximate surface area is 91.4 Å². The fraction of sp³-hybridized carbons (Fsp3) is 0.300. The van der Waals surface area contributed by atoms with Crippen molar-refractivity contribution < 1.29 is 19.5 Å². The van der Waals surface area contributed by atoms with Gasteiger partial charge in [0, 0.05) is 19.0 Å². The van der Waals surface area contributed by atoms with Crippen LogP contribution in [0, 0.1) is 0 Å². The van der Waals surface area contributed by atoms with E-state index in [1.165, 1.54) is 18.4 Å². The quantitative estimate of drug-likeness (QED) is 0.656. The van der Waals surface area contributed by atoms with Gasteiger partial charge in [0.25, 0.3) is 0 Å². The first kappa shape index (κ1) is 10.4. The van der Waals surface area contributed by atoms with Crippen molar-refractivity contribution in [3.63, 3.8) is 0 Å². The van der Waals surface area contributed by atoms with E-state index in [0.717, 1.165) is 9.80 Å². The van der Waals surface area contributed by atoms with Crippen molar-refractivity contribution in [2.24, 2.45) is 0 Å². The summed E-state index contributed by atoms with van der Waals surface area (Å²) in [6.07, 6.45) is 4.25. The van der Waals surface area contributed by atoms with E-state index in [1.807, 2.05) is 0 Å². The first-order valence-electron chi connectivity index (χ1n) is 4.82. The monoisotopic (exact) mass is 222 g/mol. The molecule has 1 N–H and O–H groups in total. The Morgan fingerprint density at radius 3 is 2.44 bits per heavy atom. The topological polar surface area (TPSA) is 77.9 Å². The minimum Gasteiger partial charge on any atom is -0.465 e. The highest BCUT2D eigenvalue weighted by Crippen LogP contribution is 2.21. The van der Waals surface area contributed by atoms with Crippen molar-refractivity contribution in [2.75, 3.05) is 0 Å². The molecule has 2 heterocycles. The molecule has 0 aromatic carbocycles. The molecule has 3 amide bonds. The van der Waals surface area contributed by atoms with E-state index >= 15 is 0 Å². The Balaban J connectivity index is 2.28. The number of carbonyl (C=O) groups is 3. The molecular weight excluding hydrogens is 212 g/mol. The highest BCUT2D eigenvalue weighted by Gasteiger charge is 2.38. The standard InChI is InChI=1S/C10H10N2O4/c13-8-4-5-9(14)12(8)7-3-1-2-6-11(7)10(15)16/h1-3,6-7H,4-5H2,(H,15,16). The maximum atomic E-state index is 11.5. The lowest BCUT2D eigenvalue weighted by atomic mass is 10.2. The van der Waals surface area contributed by atoms with Gasteiger partial charge in [-0.15, -0.1) is 0 Å². The summed E-state index contributed by atoms with van der Waals surface area (Å²) in [5, 5.41) is 8.93. The zero-order valence-corrected chi connectivity index (χ0v) is 8.37. The predicted octanol–water partition coefficient (Wildman–Crippen LogP) is 0.525. The van der Waals surface area contributed by atoms with Gasteiger partial charge in [-0.1, -0.05) is 6.08 Å². The number of amides is 3. The number of carboxylic acid groups (broad SMARTS) is 1. The Hall–Kier alpha value is -2.11. The van der Waals surface area contributed by atoms with E-state index < -0.39 is 12.3 Å². The van der Waals surface area contributed by atoms with Gasteiger partial charge in [-0.25, -0.2) is 4.79 Å². The van der Waals surface area contributed by atoms with Gasteiger partial charge in [0.1, 0.15) is 6.17 Å². The molecule has 1 atom stereocenters. The maximum absolute atomic E-state index is 11.5. The average molecular weight is 222 g/mol. The highest BCUT2D eigenvalue weighted by molar-refractivity contribution is 6.02. The van der Waals surface area contributed by atoms with E-state index in [4.69, 9.17) is 5.11 Å². The van der Waals surface area contributed by atoms with Crippen molar-refractivity contribution in [3.8, 4) is 0 Å². The van der Waals surface area contributed by atoms with E-state index in [9.17, 15) is 14.4 Å². The number of imide groups is 1. The molecule has 16 heavy (non-hydrogen) atoms. The molecule has 6 nitrogen and oxygen atoms in total. The summed E-state index contributed by atoms with van der Waals surface area (Å²) in [4.78, 5) is 35.8. The van der Waals surface area contributed by atoms with Gasteiger partial charge in [0.05, 0.1) is 0 Å². The SMILES string of the molecule is O=C(O)N1C=CC=CC1N1C(=O)CCC1=O. The number of hydrogen-bond acceptors (Lipinski definition) is 3. The first-order valence-corrected chi connectivity index (χ1v) is 4.82. The van der Waals surface area contributed by atoms with Gasteiger partial charge in [0.2, 0.25) is 11.8 Å². The summed E-state index contributed by atoms with van der Waals surface area (Å²) in [6, 6.07) is 0. The Morgan fingerprint density at radius 1 is 1.25 bits per heavy atom. The Bertz CT molecular complexity index is 397.